The maximum absolute atomic E-state index is 10.4. The van der Waals surface area contributed by atoms with Crippen LogP contribution in [-0.2, 0) is 4.79 Å². The van der Waals surface area contributed by atoms with E-state index < -0.39 is 5.97 Å². The number of carbonyl (C=O) groups is 1. The summed E-state index contributed by atoms with van der Waals surface area (Å²) in [5, 5.41) is 11.6. The second kappa shape index (κ2) is 5.07. The maximum Gasteiger partial charge on any atom is 0.330 e. The summed E-state index contributed by atoms with van der Waals surface area (Å²) in [5.74, 6) is -0.926. The van der Waals surface area contributed by atoms with Gasteiger partial charge in [0, 0.05) is 17.5 Å². The van der Waals surface area contributed by atoms with E-state index in [0.717, 1.165) is 5.69 Å². The Kier molecular flexibility index (Phi) is 3.73. The average molecular weight is 191 g/mol. The van der Waals surface area contributed by atoms with Crippen molar-refractivity contribution in [2.45, 2.75) is 13.3 Å². The Balaban J connectivity index is 2.71. The molecule has 0 aromatic heterocycles. The van der Waals surface area contributed by atoms with Gasteiger partial charge in [0.25, 0.3) is 0 Å². The van der Waals surface area contributed by atoms with Gasteiger partial charge in [0.05, 0.1) is 0 Å². The second-order valence-electron chi connectivity index (χ2n) is 2.85. The van der Waals surface area contributed by atoms with Crippen LogP contribution in [0, 0.1) is 0 Å². The van der Waals surface area contributed by atoms with Crippen LogP contribution in [0.15, 0.2) is 42.1 Å². The van der Waals surface area contributed by atoms with Gasteiger partial charge in [-0.15, -0.1) is 0 Å². The van der Waals surface area contributed by atoms with E-state index in [0.29, 0.717) is 12.1 Å². The van der Waals surface area contributed by atoms with E-state index in [1.54, 1.807) is 0 Å². The molecule has 0 amide bonds. The molecule has 0 aliphatic heterocycles. The Morgan fingerprint density at radius 2 is 2.07 bits per heavy atom. The van der Waals surface area contributed by atoms with E-state index >= 15 is 0 Å². The molecule has 0 saturated carbocycles. The quantitative estimate of drug-likeness (QED) is 0.719. The van der Waals surface area contributed by atoms with Crippen molar-refractivity contribution in [3.05, 3.63) is 42.1 Å². The molecule has 0 radical (unpaired) electrons. The molecule has 0 bridgehead atoms. The molecule has 0 saturated heterocycles. The number of nitrogens with one attached hydrogen (secondary N) is 1. The van der Waals surface area contributed by atoms with Gasteiger partial charge in [0.2, 0.25) is 0 Å². The molecular formula is C11H13NO2. The van der Waals surface area contributed by atoms with E-state index in [2.05, 4.69) is 5.32 Å². The molecule has 0 aliphatic rings. The molecule has 2 N–H and O–H groups in total. The lowest BCUT2D eigenvalue weighted by molar-refractivity contribution is -0.131. The summed E-state index contributed by atoms with van der Waals surface area (Å²) in [6.07, 6.45) is 1.86. The van der Waals surface area contributed by atoms with Gasteiger partial charge in [0.15, 0.2) is 0 Å². The molecule has 1 aromatic carbocycles. The third kappa shape index (κ3) is 3.31. The fourth-order valence-corrected chi connectivity index (χ4v) is 1.08. The predicted octanol–water partition coefficient (Wildman–Crippen LogP) is 2.48. The number of carboxylic acid groups (broad SMARTS) is 1. The van der Waals surface area contributed by atoms with Crippen LogP contribution in [0.25, 0.3) is 0 Å². The number of benzene rings is 1. The third-order valence-electron chi connectivity index (χ3n) is 1.76. The van der Waals surface area contributed by atoms with Crippen LogP contribution in [0.4, 0.5) is 5.69 Å². The van der Waals surface area contributed by atoms with Gasteiger partial charge in [-0.1, -0.05) is 25.1 Å². The van der Waals surface area contributed by atoms with Crippen LogP contribution in [0.1, 0.15) is 13.3 Å². The summed E-state index contributed by atoms with van der Waals surface area (Å²) in [6, 6.07) is 9.50. The van der Waals surface area contributed by atoms with Gasteiger partial charge in [0.1, 0.15) is 0 Å². The first-order valence-corrected chi connectivity index (χ1v) is 4.48. The highest BCUT2D eigenvalue weighted by Crippen LogP contribution is 2.10. The second-order valence-corrected chi connectivity index (χ2v) is 2.85. The lowest BCUT2D eigenvalue weighted by atomic mass is 10.2. The van der Waals surface area contributed by atoms with Crippen molar-refractivity contribution in [2.24, 2.45) is 0 Å². The first-order valence-electron chi connectivity index (χ1n) is 4.48. The minimum absolute atomic E-state index is 0.668. The van der Waals surface area contributed by atoms with E-state index in [1.807, 2.05) is 37.3 Å². The molecule has 1 rings (SSSR count). The highest BCUT2D eigenvalue weighted by atomic mass is 16.4. The molecule has 0 atom stereocenters. The number of allylic oxidation sites excluding steroid dienone is 1. The molecule has 0 unspecified atom stereocenters. The lowest BCUT2D eigenvalue weighted by Gasteiger charge is -2.07. The first-order chi connectivity index (χ1) is 6.72. The Morgan fingerprint density at radius 3 is 2.57 bits per heavy atom. The van der Waals surface area contributed by atoms with Crippen LogP contribution in [0.3, 0.4) is 0 Å². The summed E-state index contributed by atoms with van der Waals surface area (Å²) in [7, 11) is 0. The molecule has 3 nitrogen and oxygen atoms in total. The zero-order chi connectivity index (χ0) is 10.4. The van der Waals surface area contributed by atoms with Gasteiger partial charge in [-0.3, -0.25) is 0 Å². The SMILES string of the molecule is CC/C(=C/C(=O)O)Nc1ccccc1. The molecule has 0 fully saturated rings. The molecule has 0 heterocycles. The van der Waals surface area contributed by atoms with Crippen molar-refractivity contribution < 1.29 is 9.90 Å². The number of hydrogen-bond donors (Lipinski definition) is 2. The van der Waals surface area contributed by atoms with Gasteiger partial charge in [-0.05, 0) is 18.6 Å². The molecule has 14 heavy (non-hydrogen) atoms. The molecule has 74 valence electrons. The normalized spacial score (nSPS) is 11.1. The van der Waals surface area contributed by atoms with Crippen LogP contribution in [0.5, 0.6) is 0 Å². The zero-order valence-corrected chi connectivity index (χ0v) is 8.03. The lowest BCUT2D eigenvalue weighted by Crippen LogP contribution is -2.01. The molecular weight excluding hydrogens is 178 g/mol. The highest BCUT2D eigenvalue weighted by Gasteiger charge is 1.97. The Morgan fingerprint density at radius 1 is 1.43 bits per heavy atom. The molecule has 0 spiro atoms. The van der Waals surface area contributed by atoms with Gasteiger partial charge < -0.3 is 10.4 Å². The van der Waals surface area contributed by atoms with Gasteiger partial charge >= 0.3 is 5.97 Å². The summed E-state index contributed by atoms with van der Waals surface area (Å²) in [6.45, 7) is 1.91. The topological polar surface area (TPSA) is 49.3 Å². The van der Waals surface area contributed by atoms with E-state index in [1.165, 1.54) is 6.08 Å². The summed E-state index contributed by atoms with van der Waals surface area (Å²) >= 11 is 0. The smallest absolute Gasteiger partial charge is 0.330 e. The molecule has 1 aromatic rings. The molecule has 3 heteroatoms. The standard InChI is InChI=1S/C11H13NO2/c1-2-9(8-11(13)14)12-10-6-4-3-5-7-10/h3-8,12H,2H2,1H3,(H,13,14)/b9-8-. The summed E-state index contributed by atoms with van der Waals surface area (Å²) < 4.78 is 0. The van der Waals surface area contributed by atoms with Crippen molar-refractivity contribution in [1.82, 2.24) is 0 Å². The van der Waals surface area contributed by atoms with E-state index in [9.17, 15) is 4.79 Å². The Hall–Kier alpha value is -1.77. The van der Waals surface area contributed by atoms with Crippen LogP contribution < -0.4 is 5.32 Å². The largest absolute Gasteiger partial charge is 0.478 e. The van der Waals surface area contributed by atoms with Crippen LogP contribution >= 0.6 is 0 Å². The Bertz CT molecular complexity index is 330. The summed E-state index contributed by atoms with van der Waals surface area (Å²) in [5.41, 5.74) is 1.60. The van der Waals surface area contributed by atoms with Crippen molar-refractivity contribution in [2.75, 3.05) is 5.32 Å². The van der Waals surface area contributed by atoms with E-state index in [4.69, 9.17) is 5.11 Å². The number of para-hydroxylation sites is 1. The fraction of sp³-hybridized carbons (Fsp3) is 0.182. The predicted molar refractivity (Wildman–Crippen MR) is 56.1 cm³/mol. The first kappa shape index (κ1) is 10.3. The molecule has 0 aliphatic carbocycles. The van der Waals surface area contributed by atoms with Crippen molar-refractivity contribution in [1.29, 1.82) is 0 Å². The highest BCUT2D eigenvalue weighted by molar-refractivity contribution is 5.81. The number of anilines is 1. The summed E-state index contributed by atoms with van der Waals surface area (Å²) in [4.78, 5) is 10.4. The number of rotatable bonds is 4. The van der Waals surface area contributed by atoms with Crippen molar-refractivity contribution in [3.63, 3.8) is 0 Å². The third-order valence-corrected chi connectivity index (χ3v) is 1.76. The van der Waals surface area contributed by atoms with Gasteiger partial charge in [-0.2, -0.15) is 0 Å². The van der Waals surface area contributed by atoms with Gasteiger partial charge in [-0.25, -0.2) is 4.79 Å². The number of carboxylic acids is 1. The van der Waals surface area contributed by atoms with Crippen molar-refractivity contribution >= 4 is 11.7 Å². The fourth-order valence-electron chi connectivity index (χ4n) is 1.08. The van der Waals surface area contributed by atoms with Crippen LogP contribution in [-0.4, -0.2) is 11.1 Å². The van der Waals surface area contributed by atoms with Crippen molar-refractivity contribution in [3.8, 4) is 0 Å². The monoisotopic (exact) mass is 191 g/mol. The maximum atomic E-state index is 10.4. The Labute approximate surface area is 83.1 Å². The average Bonchev–Trinajstić information content (AvgIpc) is 2.17. The van der Waals surface area contributed by atoms with Crippen LogP contribution in [0.2, 0.25) is 0 Å². The zero-order valence-electron chi connectivity index (χ0n) is 8.03. The number of aliphatic carboxylic acids is 1. The van der Waals surface area contributed by atoms with E-state index in [-0.39, 0.29) is 0 Å². The number of hydrogen-bond acceptors (Lipinski definition) is 2. The minimum atomic E-state index is -0.926. The minimum Gasteiger partial charge on any atom is -0.478 e.